The first kappa shape index (κ1) is 17.7. The van der Waals surface area contributed by atoms with Gasteiger partial charge >= 0.3 is 5.97 Å². The van der Waals surface area contributed by atoms with Crippen LogP contribution in [0.2, 0.25) is 0 Å². The standard InChI is InChI=1S/C22H19N3O3/c1-14-7-6-9-16(11-14)24-12-17-20(18(13-24)22(27)28-3)23-25(21(17)26)19-10-5-4-8-15(19)2/h4-13H,1-3H3. The van der Waals surface area contributed by atoms with Crippen molar-refractivity contribution in [1.29, 1.82) is 0 Å². The molecule has 6 heteroatoms. The van der Waals surface area contributed by atoms with Crippen LogP contribution in [-0.2, 0) is 4.74 Å². The van der Waals surface area contributed by atoms with E-state index in [1.807, 2.05) is 62.4 Å². The molecule has 0 N–H and O–H groups in total. The number of aromatic nitrogens is 3. The third-order valence-electron chi connectivity index (χ3n) is 4.72. The molecule has 0 atom stereocenters. The molecule has 0 aromatic heterocycles. The van der Waals surface area contributed by atoms with Crippen LogP contribution in [-0.4, -0.2) is 27.4 Å². The normalized spacial score (nSPS) is 11.0. The van der Waals surface area contributed by atoms with Gasteiger partial charge in [0.15, 0.2) is 0 Å². The minimum absolute atomic E-state index is 0.242. The zero-order chi connectivity index (χ0) is 19.8. The molecule has 28 heavy (non-hydrogen) atoms. The number of methoxy groups -OCH3 is 1. The highest BCUT2D eigenvalue weighted by atomic mass is 16.5. The van der Waals surface area contributed by atoms with E-state index in [4.69, 9.17) is 4.74 Å². The van der Waals surface area contributed by atoms with E-state index in [0.717, 1.165) is 16.8 Å². The van der Waals surface area contributed by atoms with Gasteiger partial charge in [-0.05, 0) is 43.2 Å². The number of carbonyl (C=O) groups excluding carboxylic acids is 1. The van der Waals surface area contributed by atoms with E-state index in [2.05, 4.69) is 5.10 Å². The summed E-state index contributed by atoms with van der Waals surface area (Å²) in [6.07, 6.45) is 3.36. The highest BCUT2D eigenvalue weighted by molar-refractivity contribution is 5.96. The highest BCUT2D eigenvalue weighted by Crippen LogP contribution is 2.25. The van der Waals surface area contributed by atoms with Crippen molar-refractivity contribution >= 4 is 5.97 Å². The molecular weight excluding hydrogens is 354 g/mol. The second-order valence-corrected chi connectivity index (χ2v) is 6.68. The van der Waals surface area contributed by atoms with Crippen LogP contribution in [0.3, 0.4) is 0 Å². The molecule has 2 aliphatic rings. The van der Waals surface area contributed by atoms with E-state index in [1.54, 1.807) is 17.0 Å². The SMILES string of the molecule is COC(=O)c1cn(-c2cccc(C)c2)cc2c(=O)n(-c3ccccc3C)nc1-2. The topological polar surface area (TPSA) is 66.1 Å². The maximum Gasteiger partial charge on any atom is 0.341 e. The van der Waals surface area contributed by atoms with E-state index >= 15 is 0 Å². The number of nitrogens with zero attached hydrogens (tertiary/aromatic N) is 3. The van der Waals surface area contributed by atoms with Crippen LogP contribution in [0.25, 0.3) is 22.6 Å². The molecule has 0 bridgehead atoms. The molecule has 0 spiro atoms. The van der Waals surface area contributed by atoms with Crippen molar-refractivity contribution in [2.45, 2.75) is 13.8 Å². The van der Waals surface area contributed by atoms with Crippen LogP contribution in [0.4, 0.5) is 0 Å². The monoisotopic (exact) mass is 373 g/mol. The zero-order valence-corrected chi connectivity index (χ0v) is 15.8. The molecule has 2 heterocycles. The van der Waals surface area contributed by atoms with Crippen molar-refractivity contribution in [3.8, 4) is 22.6 Å². The summed E-state index contributed by atoms with van der Waals surface area (Å²) < 4.78 is 8.03. The second kappa shape index (κ2) is 6.81. The minimum Gasteiger partial charge on any atom is -0.465 e. The van der Waals surface area contributed by atoms with Gasteiger partial charge in [-0.25, -0.2) is 4.79 Å². The summed E-state index contributed by atoms with van der Waals surface area (Å²) in [5, 5.41) is 4.45. The fourth-order valence-electron chi connectivity index (χ4n) is 3.27. The summed E-state index contributed by atoms with van der Waals surface area (Å²) in [6.45, 7) is 3.90. The average Bonchev–Trinajstić information content (AvgIpc) is 3.03. The van der Waals surface area contributed by atoms with Crippen molar-refractivity contribution in [2.24, 2.45) is 0 Å². The molecule has 140 valence electrons. The Hall–Kier alpha value is -3.67. The third-order valence-corrected chi connectivity index (χ3v) is 4.72. The lowest BCUT2D eigenvalue weighted by Gasteiger charge is -2.12. The largest absolute Gasteiger partial charge is 0.465 e. The minimum atomic E-state index is -0.540. The van der Waals surface area contributed by atoms with E-state index in [1.165, 1.54) is 11.8 Å². The number of para-hydroxylation sites is 1. The smallest absolute Gasteiger partial charge is 0.341 e. The molecule has 0 saturated heterocycles. The van der Waals surface area contributed by atoms with Crippen molar-refractivity contribution in [1.82, 2.24) is 14.3 Å². The first-order valence-corrected chi connectivity index (χ1v) is 8.86. The van der Waals surface area contributed by atoms with Gasteiger partial charge in [-0.15, -0.1) is 0 Å². The van der Waals surface area contributed by atoms with E-state index < -0.39 is 5.97 Å². The lowest BCUT2D eigenvalue weighted by molar-refractivity contribution is 0.0600. The Morgan fingerprint density at radius 2 is 1.82 bits per heavy atom. The second-order valence-electron chi connectivity index (χ2n) is 6.68. The first-order valence-electron chi connectivity index (χ1n) is 8.86. The Bertz CT molecular complexity index is 1220. The molecule has 2 aromatic carbocycles. The van der Waals surface area contributed by atoms with Crippen LogP contribution < -0.4 is 5.56 Å². The summed E-state index contributed by atoms with van der Waals surface area (Å²) in [5.41, 5.74) is 4.15. The Kier molecular flexibility index (Phi) is 4.31. The zero-order valence-electron chi connectivity index (χ0n) is 15.8. The fraction of sp³-hybridized carbons (Fsp3) is 0.136. The Balaban J connectivity index is 2.03. The van der Waals surface area contributed by atoms with Crippen molar-refractivity contribution < 1.29 is 9.53 Å². The van der Waals surface area contributed by atoms with E-state index in [-0.39, 0.29) is 11.1 Å². The van der Waals surface area contributed by atoms with Gasteiger partial charge in [0.05, 0.1) is 18.4 Å². The van der Waals surface area contributed by atoms with Gasteiger partial charge in [0.1, 0.15) is 11.3 Å². The third kappa shape index (κ3) is 2.89. The number of esters is 1. The number of fused-ring (bicyclic) bond motifs is 1. The molecule has 2 aromatic rings. The van der Waals surface area contributed by atoms with Gasteiger partial charge in [-0.2, -0.15) is 9.78 Å². The molecule has 0 saturated carbocycles. The average molecular weight is 373 g/mol. The molecule has 2 aliphatic heterocycles. The maximum atomic E-state index is 13.1. The first-order chi connectivity index (χ1) is 13.5. The highest BCUT2D eigenvalue weighted by Gasteiger charge is 2.25. The summed E-state index contributed by atoms with van der Waals surface area (Å²) in [5.74, 6) is -0.540. The van der Waals surface area contributed by atoms with Gasteiger partial charge in [0, 0.05) is 18.1 Å². The Labute approximate surface area is 162 Å². The van der Waals surface area contributed by atoms with E-state index in [9.17, 15) is 9.59 Å². The van der Waals surface area contributed by atoms with Crippen molar-refractivity contribution in [3.05, 3.63) is 88.0 Å². The van der Waals surface area contributed by atoms with Gasteiger partial charge < -0.3 is 9.30 Å². The Morgan fingerprint density at radius 3 is 2.54 bits per heavy atom. The number of ether oxygens (including phenoxy) is 1. The fourth-order valence-corrected chi connectivity index (χ4v) is 3.27. The van der Waals surface area contributed by atoms with Crippen molar-refractivity contribution in [2.75, 3.05) is 7.11 Å². The molecular formula is C22H19N3O3. The molecule has 0 amide bonds. The number of carbonyl (C=O) groups is 1. The van der Waals surface area contributed by atoms with Gasteiger partial charge in [-0.1, -0.05) is 30.3 Å². The number of hydrogen-bond donors (Lipinski definition) is 0. The molecule has 4 rings (SSSR count). The number of rotatable bonds is 3. The quantitative estimate of drug-likeness (QED) is 0.515. The number of aryl methyl sites for hydroxylation is 2. The summed E-state index contributed by atoms with van der Waals surface area (Å²) in [6, 6.07) is 15.3. The maximum absolute atomic E-state index is 13.1. The van der Waals surface area contributed by atoms with Crippen LogP contribution >= 0.6 is 0 Å². The number of hydrogen-bond acceptors (Lipinski definition) is 4. The van der Waals surface area contributed by atoms with Crippen molar-refractivity contribution in [3.63, 3.8) is 0 Å². The lowest BCUT2D eigenvalue weighted by Crippen LogP contribution is -2.16. The molecule has 6 nitrogen and oxygen atoms in total. The number of benzene rings is 2. The molecule has 0 fully saturated rings. The van der Waals surface area contributed by atoms with Gasteiger partial charge in [0.25, 0.3) is 5.56 Å². The predicted molar refractivity (Wildman–Crippen MR) is 107 cm³/mol. The predicted octanol–water partition coefficient (Wildman–Crippen LogP) is 3.53. The lowest BCUT2D eigenvalue weighted by atomic mass is 10.1. The Morgan fingerprint density at radius 1 is 1.04 bits per heavy atom. The van der Waals surface area contributed by atoms with E-state index in [0.29, 0.717) is 16.9 Å². The van der Waals surface area contributed by atoms with Gasteiger partial charge in [0.2, 0.25) is 0 Å². The van der Waals surface area contributed by atoms with Crippen LogP contribution in [0.15, 0.2) is 65.7 Å². The van der Waals surface area contributed by atoms with Crippen LogP contribution in [0.1, 0.15) is 21.5 Å². The summed E-state index contributed by atoms with van der Waals surface area (Å²) >= 11 is 0. The van der Waals surface area contributed by atoms with Crippen LogP contribution in [0.5, 0.6) is 0 Å². The molecule has 0 radical (unpaired) electrons. The summed E-state index contributed by atoms with van der Waals surface area (Å²) in [4.78, 5) is 25.5. The number of pyridine rings is 1. The molecule has 0 unspecified atom stereocenters. The van der Waals surface area contributed by atoms with Crippen LogP contribution in [0, 0.1) is 13.8 Å². The van der Waals surface area contributed by atoms with Gasteiger partial charge in [-0.3, -0.25) is 4.79 Å². The summed E-state index contributed by atoms with van der Waals surface area (Å²) in [7, 11) is 1.31. The molecule has 0 aliphatic carbocycles.